The zero-order valence-electron chi connectivity index (χ0n) is 9.90. The van der Waals surface area contributed by atoms with Gasteiger partial charge in [-0.3, -0.25) is 0 Å². The molecule has 0 radical (unpaired) electrons. The summed E-state index contributed by atoms with van der Waals surface area (Å²) in [6.07, 6.45) is 1.01. The minimum absolute atomic E-state index is 0.307. The summed E-state index contributed by atoms with van der Waals surface area (Å²) >= 11 is 8.15. The minimum Gasteiger partial charge on any atom is -0.493 e. The Kier molecular flexibility index (Phi) is 4.86. The van der Waals surface area contributed by atoms with Crippen molar-refractivity contribution in [3.05, 3.63) is 24.3 Å². The summed E-state index contributed by atoms with van der Waals surface area (Å²) in [6, 6.07) is 7.73. The number of benzene rings is 1. The van der Waals surface area contributed by atoms with Crippen LogP contribution in [0, 0.1) is 5.92 Å². The van der Waals surface area contributed by atoms with Gasteiger partial charge in [-0.15, -0.1) is 11.6 Å². The predicted octanol–water partition coefficient (Wildman–Crippen LogP) is 3.43. The van der Waals surface area contributed by atoms with Gasteiger partial charge in [0, 0.05) is 11.1 Å². The fourth-order valence-electron chi connectivity index (χ4n) is 1.89. The van der Waals surface area contributed by atoms with E-state index >= 15 is 0 Å². The van der Waals surface area contributed by atoms with E-state index in [1.165, 1.54) is 0 Å². The number of ether oxygens (including phenoxy) is 2. The standard InChI is InChI=1S/C13H17ClO2S/c1-15-12-4-2-3-5-13(12)16-7-6-10-8-17-9-11(10)14/h2-5,10-11H,6-9H2,1H3. The predicted molar refractivity (Wildman–Crippen MR) is 73.6 cm³/mol. The highest BCUT2D eigenvalue weighted by Gasteiger charge is 2.25. The maximum atomic E-state index is 6.22. The van der Waals surface area contributed by atoms with Crippen LogP contribution in [0.5, 0.6) is 11.5 Å². The molecule has 1 fully saturated rings. The Morgan fingerprint density at radius 2 is 2.06 bits per heavy atom. The number of hydrogen-bond acceptors (Lipinski definition) is 3. The molecule has 0 aliphatic carbocycles. The quantitative estimate of drug-likeness (QED) is 0.765. The molecule has 94 valence electrons. The number of rotatable bonds is 5. The van der Waals surface area contributed by atoms with Crippen LogP contribution in [0.2, 0.25) is 0 Å². The minimum atomic E-state index is 0.307. The molecule has 4 heteroatoms. The summed E-state index contributed by atoms with van der Waals surface area (Å²) in [6.45, 7) is 0.703. The van der Waals surface area contributed by atoms with Gasteiger partial charge in [-0.1, -0.05) is 12.1 Å². The number of alkyl halides is 1. The maximum absolute atomic E-state index is 6.22. The van der Waals surface area contributed by atoms with Crippen molar-refractivity contribution >= 4 is 23.4 Å². The lowest BCUT2D eigenvalue weighted by atomic mass is 10.1. The van der Waals surface area contributed by atoms with E-state index in [0.29, 0.717) is 17.9 Å². The first-order valence-electron chi connectivity index (χ1n) is 5.79. The van der Waals surface area contributed by atoms with Crippen LogP contribution < -0.4 is 9.47 Å². The van der Waals surface area contributed by atoms with Crippen molar-refractivity contribution in [2.75, 3.05) is 25.2 Å². The summed E-state index contributed by atoms with van der Waals surface area (Å²) in [5, 5.41) is 0.307. The van der Waals surface area contributed by atoms with E-state index in [1.54, 1.807) is 7.11 Å². The molecule has 1 aliphatic heterocycles. The molecule has 0 N–H and O–H groups in total. The molecule has 1 aromatic carbocycles. The van der Waals surface area contributed by atoms with Gasteiger partial charge in [-0.05, 0) is 30.2 Å². The van der Waals surface area contributed by atoms with Crippen LogP contribution in [-0.2, 0) is 0 Å². The summed E-state index contributed by atoms with van der Waals surface area (Å²) < 4.78 is 11.0. The first-order valence-corrected chi connectivity index (χ1v) is 7.38. The monoisotopic (exact) mass is 272 g/mol. The SMILES string of the molecule is COc1ccccc1OCCC1CSCC1Cl. The molecule has 2 nitrogen and oxygen atoms in total. The van der Waals surface area contributed by atoms with Crippen LogP contribution >= 0.6 is 23.4 Å². The third kappa shape index (κ3) is 3.46. The number of methoxy groups -OCH3 is 1. The Bertz CT molecular complexity index is 359. The third-order valence-corrected chi connectivity index (χ3v) is 4.89. The Morgan fingerprint density at radius 1 is 1.29 bits per heavy atom. The van der Waals surface area contributed by atoms with Crippen molar-refractivity contribution in [2.45, 2.75) is 11.8 Å². The van der Waals surface area contributed by atoms with Crippen LogP contribution in [0.4, 0.5) is 0 Å². The number of hydrogen-bond donors (Lipinski definition) is 0. The average Bonchev–Trinajstić information content (AvgIpc) is 2.76. The molecule has 0 spiro atoms. The number of halogens is 1. The first-order chi connectivity index (χ1) is 8.31. The van der Waals surface area contributed by atoms with E-state index in [2.05, 4.69) is 0 Å². The van der Waals surface area contributed by atoms with Gasteiger partial charge in [0.1, 0.15) is 0 Å². The largest absolute Gasteiger partial charge is 0.493 e. The summed E-state index contributed by atoms with van der Waals surface area (Å²) in [4.78, 5) is 0. The highest BCUT2D eigenvalue weighted by Crippen LogP contribution is 2.31. The second-order valence-electron chi connectivity index (χ2n) is 4.10. The Morgan fingerprint density at radius 3 is 2.71 bits per heavy atom. The van der Waals surface area contributed by atoms with Gasteiger partial charge in [-0.2, -0.15) is 11.8 Å². The van der Waals surface area contributed by atoms with E-state index in [1.807, 2.05) is 36.0 Å². The highest BCUT2D eigenvalue weighted by atomic mass is 35.5. The Hall–Kier alpha value is -0.540. The van der Waals surface area contributed by atoms with Crippen molar-refractivity contribution < 1.29 is 9.47 Å². The Labute approximate surface area is 112 Å². The second kappa shape index (κ2) is 6.41. The van der Waals surface area contributed by atoms with E-state index in [4.69, 9.17) is 21.1 Å². The molecule has 0 aromatic heterocycles. The molecular formula is C13H17ClO2S. The van der Waals surface area contributed by atoms with Crippen molar-refractivity contribution in [3.63, 3.8) is 0 Å². The molecule has 1 heterocycles. The molecule has 0 amide bonds. The van der Waals surface area contributed by atoms with E-state index < -0.39 is 0 Å². The lowest BCUT2D eigenvalue weighted by Gasteiger charge is -2.14. The van der Waals surface area contributed by atoms with E-state index in [0.717, 1.165) is 29.4 Å². The third-order valence-electron chi connectivity index (χ3n) is 2.94. The molecule has 17 heavy (non-hydrogen) atoms. The van der Waals surface area contributed by atoms with Gasteiger partial charge in [0.15, 0.2) is 11.5 Å². The van der Waals surface area contributed by atoms with Gasteiger partial charge in [0.2, 0.25) is 0 Å². The van der Waals surface area contributed by atoms with Crippen molar-refractivity contribution in [2.24, 2.45) is 5.92 Å². The van der Waals surface area contributed by atoms with Gasteiger partial charge >= 0.3 is 0 Å². The zero-order valence-corrected chi connectivity index (χ0v) is 11.5. The van der Waals surface area contributed by atoms with Crippen LogP contribution in [0.15, 0.2) is 24.3 Å². The fraction of sp³-hybridized carbons (Fsp3) is 0.538. The average molecular weight is 273 g/mol. The molecule has 2 rings (SSSR count). The van der Waals surface area contributed by atoms with Crippen molar-refractivity contribution in [1.29, 1.82) is 0 Å². The molecule has 1 saturated heterocycles. The first kappa shape index (κ1) is 12.9. The maximum Gasteiger partial charge on any atom is 0.161 e. The second-order valence-corrected chi connectivity index (χ2v) is 5.74. The molecular weight excluding hydrogens is 256 g/mol. The topological polar surface area (TPSA) is 18.5 Å². The van der Waals surface area contributed by atoms with E-state index in [-0.39, 0.29) is 0 Å². The van der Waals surface area contributed by atoms with Crippen LogP contribution in [0.25, 0.3) is 0 Å². The summed E-state index contributed by atoms with van der Waals surface area (Å²) in [5.41, 5.74) is 0. The number of thioether (sulfide) groups is 1. The molecule has 0 bridgehead atoms. The van der Waals surface area contributed by atoms with Crippen LogP contribution in [0.1, 0.15) is 6.42 Å². The summed E-state index contributed by atoms with van der Waals surface area (Å²) in [5.74, 6) is 4.41. The van der Waals surface area contributed by atoms with Gasteiger partial charge < -0.3 is 9.47 Å². The zero-order chi connectivity index (χ0) is 12.1. The smallest absolute Gasteiger partial charge is 0.161 e. The molecule has 1 aliphatic rings. The van der Waals surface area contributed by atoms with Crippen molar-refractivity contribution in [3.8, 4) is 11.5 Å². The fourth-order valence-corrected chi connectivity index (χ4v) is 3.82. The van der Waals surface area contributed by atoms with Crippen LogP contribution in [-0.4, -0.2) is 30.6 Å². The molecule has 0 saturated carbocycles. The summed E-state index contributed by atoms with van der Waals surface area (Å²) in [7, 11) is 1.66. The highest BCUT2D eigenvalue weighted by molar-refractivity contribution is 7.99. The molecule has 2 unspecified atom stereocenters. The Balaban J connectivity index is 1.81. The van der Waals surface area contributed by atoms with Gasteiger partial charge in [-0.25, -0.2) is 0 Å². The van der Waals surface area contributed by atoms with Crippen LogP contribution in [0.3, 0.4) is 0 Å². The molecule has 2 atom stereocenters. The normalized spacial score (nSPS) is 23.6. The van der Waals surface area contributed by atoms with Gasteiger partial charge in [0.25, 0.3) is 0 Å². The van der Waals surface area contributed by atoms with Gasteiger partial charge in [0.05, 0.1) is 13.7 Å². The van der Waals surface area contributed by atoms with E-state index in [9.17, 15) is 0 Å². The lowest BCUT2D eigenvalue weighted by molar-refractivity contribution is 0.270. The lowest BCUT2D eigenvalue weighted by Crippen LogP contribution is -2.15. The molecule has 1 aromatic rings. The number of para-hydroxylation sites is 2. The van der Waals surface area contributed by atoms with Crippen molar-refractivity contribution in [1.82, 2.24) is 0 Å².